The fourth-order valence-electron chi connectivity index (χ4n) is 4.83. The summed E-state index contributed by atoms with van der Waals surface area (Å²) in [6.07, 6.45) is 5.75. The SMILES string of the molecule is CCN(C[C@@H]1CCCN1/C(=C(\N)c1ccc(F)cc1)c1ccncc1)c1ccc(OC)cc1C. The molecule has 2 N–H and O–H groups in total. The monoisotopic (exact) mass is 460 g/mol. The molecule has 0 saturated carbocycles. The number of likely N-dealkylation sites (tertiary alicyclic amines) is 1. The van der Waals surface area contributed by atoms with Crippen molar-refractivity contribution in [2.45, 2.75) is 32.7 Å². The molecule has 0 spiro atoms. The smallest absolute Gasteiger partial charge is 0.123 e. The number of halogens is 1. The van der Waals surface area contributed by atoms with E-state index in [0.29, 0.717) is 11.7 Å². The molecule has 0 radical (unpaired) electrons. The largest absolute Gasteiger partial charge is 0.497 e. The number of nitrogens with two attached hydrogens (primary N) is 1. The highest BCUT2D eigenvalue weighted by Gasteiger charge is 2.30. The average molecular weight is 461 g/mol. The van der Waals surface area contributed by atoms with Gasteiger partial charge < -0.3 is 20.3 Å². The molecule has 1 atom stereocenters. The lowest BCUT2D eigenvalue weighted by atomic mass is 10.0. The molecule has 5 nitrogen and oxygen atoms in total. The van der Waals surface area contributed by atoms with Gasteiger partial charge in [0, 0.05) is 49.3 Å². The molecule has 34 heavy (non-hydrogen) atoms. The summed E-state index contributed by atoms with van der Waals surface area (Å²) in [6, 6.07) is 16.9. The van der Waals surface area contributed by atoms with Gasteiger partial charge in [0.1, 0.15) is 11.6 Å². The van der Waals surface area contributed by atoms with E-state index in [1.165, 1.54) is 23.4 Å². The molecule has 2 aromatic carbocycles. The molecule has 178 valence electrons. The van der Waals surface area contributed by atoms with Gasteiger partial charge in [0.25, 0.3) is 0 Å². The highest BCUT2D eigenvalue weighted by Crippen LogP contribution is 2.34. The molecular formula is C28H33FN4O. The van der Waals surface area contributed by atoms with Crippen molar-refractivity contribution in [1.82, 2.24) is 9.88 Å². The number of aryl methyl sites for hydroxylation is 1. The van der Waals surface area contributed by atoms with Gasteiger partial charge in [-0.2, -0.15) is 0 Å². The highest BCUT2D eigenvalue weighted by molar-refractivity contribution is 5.88. The fourth-order valence-corrected chi connectivity index (χ4v) is 4.83. The predicted octanol–water partition coefficient (Wildman–Crippen LogP) is 5.31. The second kappa shape index (κ2) is 10.6. The van der Waals surface area contributed by atoms with Crippen LogP contribution in [-0.2, 0) is 0 Å². The lowest BCUT2D eigenvalue weighted by Crippen LogP contribution is -2.40. The Balaban J connectivity index is 1.69. The number of ether oxygens (including phenoxy) is 1. The number of hydrogen-bond donors (Lipinski definition) is 1. The molecule has 2 heterocycles. The summed E-state index contributed by atoms with van der Waals surface area (Å²) in [7, 11) is 1.70. The van der Waals surface area contributed by atoms with E-state index in [4.69, 9.17) is 10.5 Å². The molecule has 0 bridgehead atoms. The average Bonchev–Trinajstić information content (AvgIpc) is 3.31. The fraction of sp³-hybridized carbons (Fsp3) is 0.321. The highest BCUT2D eigenvalue weighted by atomic mass is 19.1. The standard InChI is InChI=1S/C28H33FN4O/c1-4-32(26-12-11-25(34-3)18-20(26)2)19-24-6-5-17-33(24)28(22-13-15-31-16-14-22)27(30)21-7-9-23(29)10-8-21/h7-16,18,24H,4-6,17,19,30H2,1-3H3/b28-27-/t24-/m0/s1. The van der Waals surface area contributed by atoms with Crippen LogP contribution < -0.4 is 15.4 Å². The van der Waals surface area contributed by atoms with Crippen molar-refractivity contribution < 1.29 is 9.13 Å². The van der Waals surface area contributed by atoms with E-state index in [1.807, 2.05) is 18.2 Å². The van der Waals surface area contributed by atoms with Crippen LogP contribution >= 0.6 is 0 Å². The van der Waals surface area contributed by atoms with Crippen molar-refractivity contribution >= 4 is 17.1 Å². The molecule has 3 aromatic rings. The molecule has 0 unspecified atom stereocenters. The zero-order chi connectivity index (χ0) is 24.1. The second-order valence-corrected chi connectivity index (χ2v) is 8.69. The maximum absolute atomic E-state index is 13.6. The first-order valence-electron chi connectivity index (χ1n) is 11.8. The minimum absolute atomic E-state index is 0.269. The first-order valence-corrected chi connectivity index (χ1v) is 11.8. The van der Waals surface area contributed by atoms with Crippen LogP contribution in [0.25, 0.3) is 11.4 Å². The maximum Gasteiger partial charge on any atom is 0.123 e. The van der Waals surface area contributed by atoms with Crippen LogP contribution in [0.2, 0.25) is 0 Å². The molecule has 1 aliphatic heterocycles. The Labute approximate surface area is 201 Å². The van der Waals surface area contributed by atoms with Gasteiger partial charge in [0.15, 0.2) is 0 Å². The number of aromatic nitrogens is 1. The van der Waals surface area contributed by atoms with Crippen molar-refractivity contribution in [3.63, 3.8) is 0 Å². The van der Waals surface area contributed by atoms with E-state index in [2.05, 4.69) is 40.8 Å². The summed E-state index contributed by atoms with van der Waals surface area (Å²) < 4.78 is 19.0. The Morgan fingerprint density at radius 3 is 2.50 bits per heavy atom. The van der Waals surface area contributed by atoms with Crippen molar-refractivity contribution in [2.24, 2.45) is 5.73 Å². The van der Waals surface area contributed by atoms with E-state index in [-0.39, 0.29) is 5.82 Å². The number of nitrogens with zero attached hydrogens (tertiary/aromatic N) is 3. The van der Waals surface area contributed by atoms with Gasteiger partial charge in [-0.3, -0.25) is 4.98 Å². The van der Waals surface area contributed by atoms with Gasteiger partial charge in [0.05, 0.1) is 18.5 Å². The van der Waals surface area contributed by atoms with Crippen LogP contribution in [0, 0.1) is 12.7 Å². The van der Waals surface area contributed by atoms with E-state index < -0.39 is 0 Å². The quantitative estimate of drug-likeness (QED) is 0.494. The third-order valence-electron chi connectivity index (χ3n) is 6.59. The van der Waals surface area contributed by atoms with Crippen molar-refractivity contribution in [3.05, 3.63) is 89.5 Å². The molecule has 1 aromatic heterocycles. The number of hydrogen-bond acceptors (Lipinski definition) is 5. The Kier molecular flexibility index (Phi) is 7.36. The number of anilines is 1. The van der Waals surface area contributed by atoms with Crippen LogP contribution in [0.4, 0.5) is 10.1 Å². The van der Waals surface area contributed by atoms with E-state index in [0.717, 1.165) is 55.0 Å². The lowest BCUT2D eigenvalue weighted by Gasteiger charge is -2.35. The summed E-state index contributed by atoms with van der Waals surface area (Å²) in [5, 5.41) is 0. The van der Waals surface area contributed by atoms with Gasteiger partial charge in [-0.1, -0.05) is 0 Å². The summed E-state index contributed by atoms with van der Waals surface area (Å²) in [5.74, 6) is 0.601. The van der Waals surface area contributed by atoms with Crippen molar-refractivity contribution in [2.75, 3.05) is 31.6 Å². The minimum atomic E-state index is -0.269. The topological polar surface area (TPSA) is 54.6 Å². The Morgan fingerprint density at radius 2 is 1.85 bits per heavy atom. The lowest BCUT2D eigenvalue weighted by molar-refractivity contribution is 0.369. The van der Waals surface area contributed by atoms with Gasteiger partial charge in [-0.15, -0.1) is 0 Å². The van der Waals surface area contributed by atoms with E-state index >= 15 is 0 Å². The summed E-state index contributed by atoms with van der Waals surface area (Å²) in [4.78, 5) is 9.04. The number of rotatable bonds is 8. The zero-order valence-electron chi connectivity index (χ0n) is 20.2. The third-order valence-corrected chi connectivity index (χ3v) is 6.59. The van der Waals surface area contributed by atoms with E-state index in [1.54, 1.807) is 31.6 Å². The van der Waals surface area contributed by atoms with Crippen LogP contribution in [0.5, 0.6) is 5.75 Å². The molecular weight excluding hydrogens is 427 g/mol. The molecule has 6 heteroatoms. The van der Waals surface area contributed by atoms with Gasteiger partial charge in [-0.05, 0) is 92.4 Å². The van der Waals surface area contributed by atoms with Crippen LogP contribution in [0.15, 0.2) is 67.0 Å². The van der Waals surface area contributed by atoms with Gasteiger partial charge in [-0.25, -0.2) is 4.39 Å². The minimum Gasteiger partial charge on any atom is -0.497 e. The second-order valence-electron chi connectivity index (χ2n) is 8.69. The molecule has 0 aliphatic carbocycles. The summed E-state index contributed by atoms with van der Waals surface area (Å²) in [5.41, 5.74) is 12.7. The molecule has 1 fully saturated rings. The Hall–Kier alpha value is -3.54. The van der Waals surface area contributed by atoms with Gasteiger partial charge in [0.2, 0.25) is 0 Å². The third kappa shape index (κ3) is 5.01. The van der Waals surface area contributed by atoms with Crippen molar-refractivity contribution in [1.29, 1.82) is 0 Å². The normalized spacial score (nSPS) is 16.4. The molecule has 1 saturated heterocycles. The number of methoxy groups -OCH3 is 1. The Bertz CT molecular complexity index is 1130. The Morgan fingerprint density at radius 1 is 1.12 bits per heavy atom. The number of benzene rings is 2. The predicted molar refractivity (Wildman–Crippen MR) is 137 cm³/mol. The zero-order valence-corrected chi connectivity index (χ0v) is 20.2. The van der Waals surface area contributed by atoms with Crippen LogP contribution in [0.3, 0.4) is 0 Å². The maximum atomic E-state index is 13.6. The van der Waals surface area contributed by atoms with Crippen LogP contribution in [0.1, 0.15) is 36.5 Å². The van der Waals surface area contributed by atoms with E-state index in [9.17, 15) is 4.39 Å². The number of pyridine rings is 1. The molecule has 1 aliphatic rings. The van der Waals surface area contributed by atoms with Crippen LogP contribution in [-0.4, -0.2) is 42.7 Å². The molecule has 4 rings (SSSR count). The van der Waals surface area contributed by atoms with Gasteiger partial charge >= 0.3 is 0 Å². The number of likely N-dealkylation sites (N-methyl/N-ethyl adjacent to an activating group) is 1. The summed E-state index contributed by atoms with van der Waals surface area (Å²) in [6.45, 7) is 7.02. The first-order chi connectivity index (χ1) is 16.5. The first kappa shape index (κ1) is 23.6. The molecule has 0 amide bonds. The summed E-state index contributed by atoms with van der Waals surface area (Å²) >= 11 is 0. The van der Waals surface area contributed by atoms with Crippen molar-refractivity contribution in [3.8, 4) is 5.75 Å².